The van der Waals surface area contributed by atoms with Crippen molar-refractivity contribution in [3.63, 3.8) is 0 Å². The number of hydrogen-bond acceptors (Lipinski definition) is 4. The maximum Gasteiger partial charge on any atom is 0.310 e. The normalized spacial score (nSPS) is 12.8. The summed E-state index contributed by atoms with van der Waals surface area (Å²) in [7, 11) is 0.378. The van der Waals surface area contributed by atoms with Gasteiger partial charge in [-0.25, -0.2) is 0 Å². The molecule has 0 aliphatic heterocycles. The van der Waals surface area contributed by atoms with Crippen molar-refractivity contribution in [3.05, 3.63) is 78.9 Å². The fraction of sp³-hybridized carbons (Fsp3) is 0.200. The van der Waals surface area contributed by atoms with Crippen LogP contribution >= 0.6 is 11.3 Å². The van der Waals surface area contributed by atoms with Crippen molar-refractivity contribution >= 4 is 66.4 Å². The van der Waals surface area contributed by atoms with E-state index in [9.17, 15) is 5.11 Å². The minimum Gasteiger partial charge on any atom is -0.456 e. The van der Waals surface area contributed by atoms with Crippen molar-refractivity contribution in [3.8, 4) is 11.1 Å². The Kier molecular flexibility index (Phi) is 5.08. The minimum absolute atomic E-state index is 0.378. The number of fused-ring (bicyclic) bond motifs is 6. The standard InChI is InChI=1S/C30H27BO3S/c1-29(2,32)30(3,4)34-31-21-13-9-15-23-28(21)27-19(11-7-14-22(27)33-23)18-12-8-17-25-26(18)20-10-5-6-16-24(20)35-25/h5-17,31-32H,1-4H3. The van der Waals surface area contributed by atoms with Gasteiger partial charge in [-0.15, -0.1) is 11.3 Å². The van der Waals surface area contributed by atoms with Crippen molar-refractivity contribution < 1.29 is 14.2 Å². The maximum atomic E-state index is 10.6. The van der Waals surface area contributed by atoms with Crippen LogP contribution in [0.1, 0.15) is 27.7 Å². The number of aliphatic hydroxyl groups is 1. The van der Waals surface area contributed by atoms with E-state index in [1.165, 1.54) is 25.7 Å². The van der Waals surface area contributed by atoms with Crippen LogP contribution in [0.4, 0.5) is 0 Å². The van der Waals surface area contributed by atoms with Crippen LogP contribution in [-0.2, 0) is 4.65 Å². The Morgan fingerprint density at radius 2 is 1.34 bits per heavy atom. The molecule has 0 amide bonds. The second-order valence-corrected chi connectivity index (χ2v) is 11.3. The number of furan rings is 1. The van der Waals surface area contributed by atoms with Gasteiger partial charge in [0, 0.05) is 30.9 Å². The largest absolute Gasteiger partial charge is 0.456 e. The van der Waals surface area contributed by atoms with E-state index in [-0.39, 0.29) is 0 Å². The van der Waals surface area contributed by atoms with Gasteiger partial charge in [0.15, 0.2) is 0 Å². The van der Waals surface area contributed by atoms with E-state index >= 15 is 0 Å². The molecule has 0 bridgehead atoms. The average Bonchev–Trinajstić information content (AvgIpc) is 3.40. The zero-order chi connectivity index (χ0) is 24.4. The molecule has 174 valence electrons. The Labute approximate surface area is 209 Å². The molecule has 0 unspecified atom stereocenters. The molecule has 6 rings (SSSR count). The molecule has 4 aromatic carbocycles. The van der Waals surface area contributed by atoms with Gasteiger partial charge in [-0.3, -0.25) is 0 Å². The summed E-state index contributed by atoms with van der Waals surface area (Å²) in [6, 6.07) is 27.6. The number of hydrogen-bond donors (Lipinski definition) is 1. The molecular weight excluding hydrogens is 451 g/mol. The van der Waals surface area contributed by atoms with E-state index in [4.69, 9.17) is 9.07 Å². The Hall–Kier alpha value is -3.12. The van der Waals surface area contributed by atoms with Crippen molar-refractivity contribution in [2.45, 2.75) is 38.9 Å². The first-order chi connectivity index (χ1) is 16.7. The lowest BCUT2D eigenvalue weighted by Gasteiger charge is -2.37. The summed E-state index contributed by atoms with van der Waals surface area (Å²) in [4.78, 5) is 0. The molecular formula is C30H27BO3S. The fourth-order valence-corrected chi connectivity index (χ4v) is 5.85. The fourth-order valence-electron chi connectivity index (χ4n) is 4.72. The topological polar surface area (TPSA) is 42.6 Å². The van der Waals surface area contributed by atoms with E-state index in [1.807, 2.05) is 43.4 Å². The summed E-state index contributed by atoms with van der Waals surface area (Å²) in [5.74, 6) is 0. The SMILES string of the molecule is CC(C)(O)C(C)(C)OBc1cccc2oc3cccc(-c4cccc5sc6ccccc6c45)c3c12. The van der Waals surface area contributed by atoms with Crippen LogP contribution in [0.3, 0.4) is 0 Å². The number of thiophene rings is 1. The Balaban J connectivity index is 1.60. The van der Waals surface area contributed by atoms with Gasteiger partial charge in [-0.2, -0.15) is 0 Å². The van der Waals surface area contributed by atoms with Gasteiger partial charge in [-0.05, 0) is 68.6 Å². The third-order valence-corrected chi connectivity index (χ3v) is 8.50. The first-order valence-electron chi connectivity index (χ1n) is 11.9. The molecule has 0 aliphatic carbocycles. The summed E-state index contributed by atoms with van der Waals surface area (Å²) in [6.07, 6.45) is 0. The van der Waals surface area contributed by atoms with Gasteiger partial charge < -0.3 is 14.2 Å². The van der Waals surface area contributed by atoms with Crippen LogP contribution in [0.5, 0.6) is 0 Å². The van der Waals surface area contributed by atoms with Crippen LogP contribution in [-0.4, -0.2) is 23.8 Å². The molecule has 0 radical (unpaired) electrons. The molecule has 0 atom stereocenters. The second kappa shape index (κ2) is 7.96. The van der Waals surface area contributed by atoms with E-state index < -0.39 is 11.2 Å². The highest BCUT2D eigenvalue weighted by molar-refractivity contribution is 7.25. The van der Waals surface area contributed by atoms with Crippen molar-refractivity contribution in [2.24, 2.45) is 0 Å². The number of rotatable bonds is 5. The molecule has 0 spiro atoms. The predicted molar refractivity (Wildman–Crippen MR) is 150 cm³/mol. The third-order valence-electron chi connectivity index (χ3n) is 7.36. The second-order valence-electron chi connectivity index (χ2n) is 10.2. The van der Waals surface area contributed by atoms with Crippen LogP contribution in [0.2, 0.25) is 0 Å². The molecule has 35 heavy (non-hydrogen) atoms. The molecule has 3 nitrogen and oxygen atoms in total. The summed E-state index contributed by atoms with van der Waals surface area (Å²) in [5.41, 5.74) is 3.44. The van der Waals surface area contributed by atoms with Crippen LogP contribution < -0.4 is 5.46 Å². The highest BCUT2D eigenvalue weighted by atomic mass is 32.1. The molecule has 1 N–H and O–H groups in total. The summed E-state index contributed by atoms with van der Waals surface area (Å²) >= 11 is 1.83. The molecule has 0 fully saturated rings. The maximum absolute atomic E-state index is 10.6. The summed E-state index contributed by atoms with van der Waals surface area (Å²) in [6.45, 7) is 7.42. The van der Waals surface area contributed by atoms with Crippen molar-refractivity contribution in [1.29, 1.82) is 0 Å². The molecule has 2 aromatic heterocycles. The van der Waals surface area contributed by atoms with E-state index in [0.717, 1.165) is 33.0 Å². The van der Waals surface area contributed by atoms with Gasteiger partial charge in [0.1, 0.15) is 11.2 Å². The first-order valence-corrected chi connectivity index (χ1v) is 12.8. The highest BCUT2D eigenvalue weighted by Crippen LogP contribution is 2.43. The monoisotopic (exact) mass is 478 g/mol. The van der Waals surface area contributed by atoms with E-state index in [2.05, 4.69) is 60.7 Å². The zero-order valence-electron chi connectivity index (χ0n) is 20.4. The molecule has 6 aromatic rings. The third kappa shape index (κ3) is 3.58. The first kappa shape index (κ1) is 22.4. The average molecular weight is 478 g/mol. The van der Waals surface area contributed by atoms with Crippen molar-refractivity contribution in [2.75, 3.05) is 0 Å². The van der Waals surface area contributed by atoms with Crippen molar-refractivity contribution in [1.82, 2.24) is 0 Å². The summed E-state index contributed by atoms with van der Waals surface area (Å²) in [5, 5.41) is 15.3. The van der Waals surface area contributed by atoms with Gasteiger partial charge in [0.05, 0.1) is 11.2 Å². The van der Waals surface area contributed by atoms with Gasteiger partial charge in [0.2, 0.25) is 0 Å². The Morgan fingerprint density at radius 3 is 2.11 bits per heavy atom. The summed E-state index contributed by atoms with van der Waals surface area (Å²) < 4.78 is 15.2. The smallest absolute Gasteiger partial charge is 0.310 e. The lowest BCUT2D eigenvalue weighted by atomic mass is 9.80. The van der Waals surface area contributed by atoms with Gasteiger partial charge in [-0.1, -0.05) is 54.6 Å². The van der Waals surface area contributed by atoms with Gasteiger partial charge >= 0.3 is 7.48 Å². The minimum atomic E-state index is -0.972. The quantitative estimate of drug-likeness (QED) is 0.267. The molecule has 0 saturated heterocycles. The predicted octanol–water partition coefficient (Wildman–Crippen LogP) is 7.16. The molecule has 0 aliphatic rings. The Morgan fingerprint density at radius 1 is 0.714 bits per heavy atom. The van der Waals surface area contributed by atoms with E-state index in [0.29, 0.717) is 7.48 Å². The molecule has 5 heteroatoms. The lowest BCUT2D eigenvalue weighted by Crippen LogP contribution is -2.49. The highest BCUT2D eigenvalue weighted by Gasteiger charge is 2.36. The molecule has 0 saturated carbocycles. The molecule has 2 heterocycles. The van der Waals surface area contributed by atoms with Crippen LogP contribution in [0.25, 0.3) is 53.2 Å². The van der Waals surface area contributed by atoms with E-state index in [1.54, 1.807) is 13.8 Å². The lowest BCUT2D eigenvalue weighted by molar-refractivity contribution is -0.0893. The van der Waals surface area contributed by atoms with Gasteiger partial charge in [0.25, 0.3) is 0 Å². The number of benzene rings is 4. The Bertz CT molecular complexity index is 1720. The van der Waals surface area contributed by atoms with Crippen LogP contribution in [0.15, 0.2) is 83.3 Å². The zero-order valence-corrected chi connectivity index (χ0v) is 21.2. The van der Waals surface area contributed by atoms with Crippen LogP contribution in [0, 0.1) is 0 Å².